The van der Waals surface area contributed by atoms with Gasteiger partial charge in [0.25, 0.3) is 0 Å². The van der Waals surface area contributed by atoms with Gasteiger partial charge in [-0.05, 0) is 64.2 Å². The van der Waals surface area contributed by atoms with Crippen molar-refractivity contribution < 1.29 is 13.9 Å². The van der Waals surface area contributed by atoms with Crippen LogP contribution in [0.15, 0.2) is 30.5 Å². The third-order valence-electron chi connectivity index (χ3n) is 6.90. The van der Waals surface area contributed by atoms with Crippen LogP contribution in [-0.2, 0) is 6.54 Å². The summed E-state index contributed by atoms with van der Waals surface area (Å²) in [7, 11) is 0. The van der Waals surface area contributed by atoms with Gasteiger partial charge in [-0.25, -0.2) is 23.7 Å². The van der Waals surface area contributed by atoms with Crippen LogP contribution in [0.3, 0.4) is 0 Å². The first-order valence-electron chi connectivity index (χ1n) is 12.2. The number of hydrogen-bond acceptors (Lipinski definition) is 9. The summed E-state index contributed by atoms with van der Waals surface area (Å²) >= 11 is 1.46. The second kappa shape index (κ2) is 9.79. The Morgan fingerprint density at radius 3 is 2.57 bits per heavy atom. The van der Waals surface area contributed by atoms with Crippen molar-refractivity contribution in [3.8, 4) is 10.6 Å². The zero-order chi connectivity index (χ0) is 26.3. The molecule has 0 saturated heterocycles. The molecular weight excluding hydrogens is 496 g/mol. The number of halogens is 2. The van der Waals surface area contributed by atoms with Crippen molar-refractivity contribution in [2.75, 3.05) is 16.4 Å². The minimum Gasteiger partial charge on any atom is -0.390 e. The van der Waals surface area contributed by atoms with Crippen molar-refractivity contribution in [2.45, 2.75) is 58.2 Å². The number of nitrogens with two attached hydrogens (primary N) is 1. The van der Waals surface area contributed by atoms with E-state index in [0.717, 1.165) is 29.5 Å². The highest BCUT2D eigenvalue weighted by molar-refractivity contribution is 7.21. The van der Waals surface area contributed by atoms with Crippen molar-refractivity contribution in [1.29, 1.82) is 0 Å². The fourth-order valence-corrected chi connectivity index (χ4v) is 5.88. The smallest absolute Gasteiger partial charge is 0.225 e. The molecule has 37 heavy (non-hydrogen) atoms. The molecule has 0 radical (unpaired) electrons. The van der Waals surface area contributed by atoms with Gasteiger partial charge in [-0.2, -0.15) is 4.98 Å². The number of aryl methyl sites for hydroxylation is 1. The first-order valence-corrected chi connectivity index (χ1v) is 13.0. The highest BCUT2D eigenvalue weighted by atomic mass is 32.1. The van der Waals surface area contributed by atoms with Gasteiger partial charge >= 0.3 is 0 Å². The van der Waals surface area contributed by atoms with Crippen molar-refractivity contribution >= 4 is 39.1 Å². The Balaban J connectivity index is 1.51. The van der Waals surface area contributed by atoms with Gasteiger partial charge < -0.3 is 21.5 Å². The molecule has 4 aromatic rings. The average molecular weight is 526 g/mol. The Hall–Kier alpha value is -3.44. The summed E-state index contributed by atoms with van der Waals surface area (Å²) in [5.41, 5.74) is 7.19. The number of thiazole rings is 1. The van der Waals surface area contributed by atoms with Gasteiger partial charge in [0.05, 0.1) is 21.6 Å². The minimum atomic E-state index is -0.769. The molecule has 5 rings (SSSR count). The lowest BCUT2D eigenvalue weighted by atomic mass is 9.89. The van der Waals surface area contributed by atoms with Crippen molar-refractivity contribution in [3.05, 3.63) is 53.4 Å². The van der Waals surface area contributed by atoms with Crippen LogP contribution in [0.4, 0.5) is 26.4 Å². The molecule has 2 unspecified atom stereocenters. The second-order valence-corrected chi connectivity index (χ2v) is 11.0. The van der Waals surface area contributed by atoms with Crippen LogP contribution in [0.1, 0.15) is 44.4 Å². The van der Waals surface area contributed by atoms with Gasteiger partial charge in [0.2, 0.25) is 5.95 Å². The Labute approximate surface area is 217 Å². The fraction of sp³-hybridized carbons (Fsp3) is 0.385. The normalized spacial score (nSPS) is 17.9. The van der Waals surface area contributed by atoms with Gasteiger partial charge in [-0.1, -0.05) is 6.07 Å². The van der Waals surface area contributed by atoms with E-state index in [0.29, 0.717) is 27.9 Å². The van der Waals surface area contributed by atoms with E-state index in [9.17, 15) is 13.9 Å². The minimum absolute atomic E-state index is 0.0831. The van der Waals surface area contributed by atoms with Crippen LogP contribution in [0.2, 0.25) is 0 Å². The number of nitrogens with one attached hydrogen (secondary N) is 2. The van der Waals surface area contributed by atoms with Crippen LogP contribution < -0.4 is 16.4 Å². The summed E-state index contributed by atoms with van der Waals surface area (Å²) in [5.74, 6) is 0.0436. The predicted molar refractivity (Wildman–Crippen MR) is 142 cm³/mol. The largest absolute Gasteiger partial charge is 0.390 e. The maximum absolute atomic E-state index is 14.2. The van der Waals surface area contributed by atoms with E-state index in [1.165, 1.54) is 29.5 Å². The summed E-state index contributed by atoms with van der Waals surface area (Å²) < 4.78 is 29.2. The average Bonchev–Trinajstić information content (AvgIpc) is 3.46. The third kappa shape index (κ3) is 5.19. The summed E-state index contributed by atoms with van der Waals surface area (Å²) in [4.78, 5) is 18.2. The lowest BCUT2D eigenvalue weighted by Crippen LogP contribution is -2.30. The maximum Gasteiger partial charge on any atom is 0.225 e. The lowest BCUT2D eigenvalue weighted by molar-refractivity contribution is 0.0197. The molecule has 5 N–H and O–H groups in total. The Morgan fingerprint density at radius 1 is 1.14 bits per heavy atom. The van der Waals surface area contributed by atoms with E-state index < -0.39 is 17.2 Å². The fourth-order valence-electron chi connectivity index (χ4n) is 4.81. The number of anilines is 3. The van der Waals surface area contributed by atoms with Gasteiger partial charge in [-0.15, -0.1) is 11.3 Å². The van der Waals surface area contributed by atoms with Gasteiger partial charge in [0, 0.05) is 24.3 Å². The molecule has 1 aromatic carbocycles. The van der Waals surface area contributed by atoms with Gasteiger partial charge in [0.1, 0.15) is 28.0 Å². The first-order chi connectivity index (χ1) is 17.6. The molecular formula is C26H29F2N7OS. The first kappa shape index (κ1) is 25.2. The predicted octanol–water partition coefficient (Wildman–Crippen LogP) is 5.28. The maximum atomic E-state index is 14.2. The molecule has 8 nitrogen and oxygen atoms in total. The summed E-state index contributed by atoms with van der Waals surface area (Å²) in [5, 5.41) is 17.7. The number of fused-ring (bicyclic) bond motifs is 1. The number of rotatable bonds is 7. The number of nitrogens with zero attached hydrogens (tertiary/aromatic N) is 4. The molecule has 0 spiro atoms. The third-order valence-corrected chi connectivity index (χ3v) is 7.93. The zero-order valence-electron chi connectivity index (χ0n) is 20.8. The van der Waals surface area contributed by atoms with Crippen LogP contribution >= 0.6 is 11.3 Å². The molecule has 3 heterocycles. The molecule has 1 aliphatic rings. The Bertz CT molecular complexity index is 1430. The quantitative estimate of drug-likeness (QED) is 0.257. The molecule has 1 saturated carbocycles. The molecule has 0 amide bonds. The van der Waals surface area contributed by atoms with Gasteiger partial charge in [0.15, 0.2) is 5.82 Å². The van der Waals surface area contributed by atoms with E-state index in [4.69, 9.17) is 15.7 Å². The number of hydrogen-bond donors (Lipinski definition) is 4. The van der Waals surface area contributed by atoms with Crippen LogP contribution in [0.25, 0.3) is 20.8 Å². The Morgan fingerprint density at radius 2 is 1.89 bits per heavy atom. The molecule has 2 atom stereocenters. The molecule has 1 aliphatic carbocycles. The van der Waals surface area contributed by atoms with Gasteiger partial charge in [-0.3, -0.25) is 0 Å². The number of nitrogen functional groups attached to an aromatic ring is 1. The van der Waals surface area contributed by atoms with Crippen LogP contribution in [0.5, 0.6) is 0 Å². The number of aromatic nitrogens is 4. The van der Waals surface area contributed by atoms with Crippen LogP contribution in [0, 0.1) is 24.5 Å². The van der Waals surface area contributed by atoms with Crippen molar-refractivity contribution in [2.24, 2.45) is 5.92 Å². The molecule has 0 aliphatic heterocycles. The van der Waals surface area contributed by atoms with E-state index in [-0.39, 0.29) is 30.0 Å². The molecule has 194 valence electrons. The SMILES string of the molecule is Cc1nc(NCc2c(F)cccc2F)nc(NC2CCC(C(C)(C)O)C2)c1-c1nc2c(N)nccc2s1. The van der Waals surface area contributed by atoms with Crippen molar-refractivity contribution in [3.63, 3.8) is 0 Å². The van der Waals surface area contributed by atoms with Crippen LogP contribution in [-0.4, -0.2) is 36.7 Å². The van der Waals surface area contributed by atoms with E-state index in [1.54, 1.807) is 6.20 Å². The summed E-state index contributed by atoms with van der Waals surface area (Å²) in [6.45, 7) is 5.41. The highest BCUT2D eigenvalue weighted by Crippen LogP contribution is 2.40. The number of pyridine rings is 1. The van der Waals surface area contributed by atoms with E-state index in [1.807, 2.05) is 26.8 Å². The Kier molecular flexibility index (Phi) is 6.67. The molecule has 3 aromatic heterocycles. The second-order valence-electron chi connectivity index (χ2n) is 9.98. The lowest BCUT2D eigenvalue weighted by Gasteiger charge is -2.25. The number of benzene rings is 1. The molecule has 1 fully saturated rings. The monoisotopic (exact) mass is 525 g/mol. The zero-order valence-corrected chi connectivity index (χ0v) is 21.7. The summed E-state index contributed by atoms with van der Waals surface area (Å²) in [6.07, 6.45) is 4.19. The topological polar surface area (TPSA) is 122 Å². The molecule has 11 heteroatoms. The highest BCUT2D eigenvalue weighted by Gasteiger charge is 2.35. The van der Waals surface area contributed by atoms with E-state index >= 15 is 0 Å². The molecule has 0 bridgehead atoms. The van der Waals surface area contributed by atoms with Crippen molar-refractivity contribution in [1.82, 2.24) is 19.9 Å². The summed E-state index contributed by atoms with van der Waals surface area (Å²) in [6, 6.07) is 5.71. The van der Waals surface area contributed by atoms with E-state index in [2.05, 4.69) is 20.6 Å². The number of aliphatic hydroxyl groups is 1. The standard InChI is InChI=1S/C26H29F2N7OS/c1-13-20(24-34-21-19(37-24)9-10-30-22(21)29)23(33-15-8-7-14(11-15)26(2,3)36)35-25(32-13)31-12-16-17(27)5-4-6-18(16)28/h4-6,9-10,14-15,36H,7-8,11-12H2,1-3H3,(H2,29,30)(H2,31,32,33,35).